The van der Waals surface area contributed by atoms with Gasteiger partial charge in [0, 0.05) is 12.2 Å². The second-order valence-corrected chi connectivity index (χ2v) is 8.43. The van der Waals surface area contributed by atoms with Crippen molar-refractivity contribution in [3.8, 4) is 0 Å². The van der Waals surface area contributed by atoms with E-state index in [-0.39, 0.29) is 11.9 Å². The minimum Gasteiger partial charge on any atom is -0.462 e. The molecule has 0 amide bonds. The molecule has 0 aromatic heterocycles. The standard InChI is InChI=1S/C28H42O4/c1-5-9-11-23(7-3)21-31-27(29)19-17-25-13-15-26(16-14-25)18-20-28(30)32-22-24(8-4)12-10-6-2/h13-20,23-24H,5-12,21-22H2,1-4H3. The summed E-state index contributed by atoms with van der Waals surface area (Å²) < 4.78 is 10.8. The van der Waals surface area contributed by atoms with Crippen LogP contribution in [0, 0.1) is 11.8 Å². The van der Waals surface area contributed by atoms with Crippen LogP contribution in [0.1, 0.15) is 90.2 Å². The molecule has 0 aliphatic rings. The first-order valence-corrected chi connectivity index (χ1v) is 12.3. The molecule has 178 valence electrons. The monoisotopic (exact) mass is 442 g/mol. The van der Waals surface area contributed by atoms with Crippen molar-refractivity contribution in [1.82, 2.24) is 0 Å². The van der Waals surface area contributed by atoms with E-state index in [1.165, 1.54) is 25.0 Å². The summed E-state index contributed by atoms with van der Waals surface area (Å²) in [5, 5.41) is 0. The first kappa shape index (κ1) is 27.7. The van der Waals surface area contributed by atoms with Crippen molar-refractivity contribution >= 4 is 24.1 Å². The van der Waals surface area contributed by atoms with Crippen LogP contribution in [0.2, 0.25) is 0 Å². The van der Waals surface area contributed by atoms with E-state index >= 15 is 0 Å². The number of hydrogen-bond donors (Lipinski definition) is 0. The van der Waals surface area contributed by atoms with Crippen LogP contribution in [0.25, 0.3) is 12.2 Å². The fourth-order valence-corrected chi connectivity index (χ4v) is 3.34. The summed E-state index contributed by atoms with van der Waals surface area (Å²) in [6.07, 6.45) is 15.4. The highest BCUT2D eigenvalue weighted by Gasteiger charge is 2.09. The third-order valence-electron chi connectivity index (χ3n) is 5.77. The molecule has 0 N–H and O–H groups in total. The summed E-state index contributed by atoms with van der Waals surface area (Å²) in [6.45, 7) is 9.58. The molecule has 1 aromatic rings. The number of carbonyl (C=O) groups excluding carboxylic acids is 2. The van der Waals surface area contributed by atoms with Gasteiger partial charge in [-0.05, 0) is 48.0 Å². The Morgan fingerprint density at radius 2 is 1.09 bits per heavy atom. The van der Waals surface area contributed by atoms with E-state index in [9.17, 15) is 9.59 Å². The Bertz CT molecular complexity index is 642. The Balaban J connectivity index is 2.44. The number of hydrogen-bond acceptors (Lipinski definition) is 4. The summed E-state index contributed by atoms with van der Waals surface area (Å²) >= 11 is 0. The van der Waals surface area contributed by atoms with Crippen molar-refractivity contribution in [1.29, 1.82) is 0 Å². The van der Waals surface area contributed by atoms with Crippen LogP contribution in [0.3, 0.4) is 0 Å². The molecule has 0 heterocycles. The van der Waals surface area contributed by atoms with Gasteiger partial charge in [0.1, 0.15) is 0 Å². The molecular weight excluding hydrogens is 400 g/mol. The van der Waals surface area contributed by atoms with Crippen LogP contribution >= 0.6 is 0 Å². The zero-order valence-corrected chi connectivity index (χ0v) is 20.5. The first-order chi connectivity index (χ1) is 15.5. The number of esters is 2. The van der Waals surface area contributed by atoms with Gasteiger partial charge < -0.3 is 9.47 Å². The molecular formula is C28H42O4. The van der Waals surface area contributed by atoms with Gasteiger partial charge in [-0.1, -0.05) is 90.5 Å². The van der Waals surface area contributed by atoms with Gasteiger partial charge in [-0.25, -0.2) is 9.59 Å². The highest BCUT2D eigenvalue weighted by atomic mass is 16.5. The lowest BCUT2D eigenvalue weighted by molar-refractivity contribution is -0.140. The van der Waals surface area contributed by atoms with E-state index in [1.54, 1.807) is 12.2 Å². The molecule has 32 heavy (non-hydrogen) atoms. The fraction of sp³-hybridized carbons (Fsp3) is 0.571. The summed E-state index contributed by atoms with van der Waals surface area (Å²) in [7, 11) is 0. The normalized spacial score (nSPS) is 13.4. The molecule has 0 fully saturated rings. The number of unbranched alkanes of at least 4 members (excludes halogenated alkanes) is 2. The average Bonchev–Trinajstić information content (AvgIpc) is 2.82. The lowest BCUT2D eigenvalue weighted by Crippen LogP contribution is -2.12. The summed E-state index contributed by atoms with van der Waals surface area (Å²) in [4.78, 5) is 23.9. The van der Waals surface area contributed by atoms with Crippen molar-refractivity contribution in [2.45, 2.75) is 79.1 Å². The summed E-state index contributed by atoms with van der Waals surface area (Å²) in [5.41, 5.74) is 1.81. The summed E-state index contributed by atoms with van der Waals surface area (Å²) in [5.74, 6) is 0.260. The minimum absolute atomic E-state index is 0.309. The predicted molar refractivity (Wildman–Crippen MR) is 133 cm³/mol. The topological polar surface area (TPSA) is 52.6 Å². The Hall–Kier alpha value is -2.36. The molecule has 2 atom stereocenters. The molecule has 1 aromatic carbocycles. The van der Waals surface area contributed by atoms with Crippen LogP contribution in [-0.2, 0) is 19.1 Å². The highest BCUT2D eigenvalue weighted by molar-refractivity contribution is 5.88. The maximum Gasteiger partial charge on any atom is 0.330 e. The van der Waals surface area contributed by atoms with E-state index in [0.29, 0.717) is 25.0 Å². The molecule has 0 saturated carbocycles. The molecule has 0 bridgehead atoms. The average molecular weight is 443 g/mol. The van der Waals surface area contributed by atoms with Gasteiger partial charge in [0.05, 0.1) is 13.2 Å². The van der Waals surface area contributed by atoms with E-state index in [2.05, 4.69) is 27.7 Å². The van der Waals surface area contributed by atoms with Crippen molar-refractivity contribution in [3.63, 3.8) is 0 Å². The first-order valence-electron chi connectivity index (χ1n) is 12.3. The molecule has 0 aliphatic heterocycles. The minimum atomic E-state index is -0.309. The molecule has 4 nitrogen and oxygen atoms in total. The van der Waals surface area contributed by atoms with Gasteiger partial charge >= 0.3 is 11.9 Å². The molecule has 4 heteroatoms. The maximum absolute atomic E-state index is 12.0. The zero-order valence-electron chi connectivity index (χ0n) is 20.5. The Kier molecular flexibility index (Phi) is 14.9. The molecule has 0 spiro atoms. The lowest BCUT2D eigenvalue weighted by atomic mass is 10.0. The van der Waals surface area contributed by atoms with Crippen LogP contribution in [0.5, 0.6) is 0 Å². The number of rotatable bonds is 16. The maximum atomic E-state index is 12.0. The molecule has 2 unspecified atom stereocenters. The van der Waals surface area contributed by atoms with E-state index in [1.807, 2.05) is 24.3 Å². The van der Waals surface area contributed by atoms with Crippen molar-refractivity contribution in [3.05, 3.63) is 47.5 Å². The van der Waals surface area contributed by atoms with Crippen molar-refractivity contribution in [2.24, 2.45) is 11.8 Å². The van der Waals surface area contributed by atoms with Gasteiger partial charge in [-0.2, -0.15) is 0 Å². The molecule has 0 radical (unpaired) electrons. The van der Waals surface area contributed by atoms with Gasteiger partial charge in [0.15, 0.2) is 0 Å². The lowest BCUT2D eigenvalue weighted by Gasteiger charge is -2.13. The van der Waals surface area contributed by atoms with Crippen LogP contribution < -0.4 is 0 Å². The van der Waals surface area contributed by atoms with Gasteiger partial charge in [0.2, 0.25) is 0 Å². The van der Waals surface area contributed by atoms with E-state index < -0.39 is 0 Å². The Morgan fingerprint density at radius 1 is 0.719 bits per heavy atom. The van der Waals surface area contributed by atoms with Gasteiger partial charge in [-0.3, -0.25) is 0 Å². The van der Waals surface area contributed by atoms with Crippen LogP contribution in [0.4, 0.5) is 0 Å². The van der Waals surface area contributed by atoms with Crippen molar-refractivity contribution < 1.29 is 19.1 Å². The molecule has 0 saturated heterocycles. The molecule has 0 aliphatic carbocycles. The second kappa shape index (κ2) is 17.2. The number of ether oxygens (including phenoxy) is 2. The summed E-state index contributed by atoms with van der Waals surface area (Å²) in [6, 6.07) is 7.62. The number of carbonyl (C=O) groups is 2. The molecule has 1 rings (SSSR count). The van der Waals surface area contributed by atoms with Crippen LogP contribution in [0.15, 0.2) is 36.4 Å². The SMILES string of the molecule is CCCCC(CC)COC(=O)C=Cc1ccc(C=CC(=O)OCC(CC)CCCC)cc1. The van der Waals surface area contributed by atoms with Crippen LogP contribution in [-0.4, -0.2) is 25.2 Å². The number of benzene rings is 1. The van der Waals surface area contributed by atoms with Gasteiger partial charge in [0.25, 0.3) is 0 Å². The largest absolute Gasteiger partial charge is 0.462 e. The smallest absolute Gasteiger partial charge is 0.330 e. The van der Waals surface area contributed by atoms with Crippen molar-refractivity contribution in [2.75, 3.05) is 13.2 Å². The third kappa shape index (κ3) is 12.5. The Morgan fingerprint density at radius 3 is 1.41 bits per heavy atom. The van der Waals surface area contributed by atoms with E-state index in [4.69, 9.17) is 9.47 Å². The van der Waals surface area contributed by atoms with Gasteiger partial charge in [-0.15, -0.1) is 0 Å². The highest BCUT2D eigenvalue weighted by Crippen LogP contribution is 2.14. The second-order valence-electron chi connectivity index (χ2n) is 8.43. The van der Waals surface area contributed by atoms with E-state index in [0.717, 1.165) is 49.7 Å². The fourth-order valence-electron chi connectivity index (χ4n) is 3.34. The predicted octanol–water partition coefficient (Wildman–Crippen LogP) is 7.23. The quantitative estimate of drug-likeness (QED) is 0.200. The Labute approximate surface area is 195 Å². The third-order valence-corrected chi connectivity index (χ3v) is 5.77. The zero-order chi connectivity index (χ0) is 23.6.